The molecule has 1 aliphatic rings. The van der Waals surface area contributed by atoms with Crippen LogP contribution < -0.4 is 10.1 Å². The van der Waals surface area contributed by atoms with Gasteiger partial charge < -0.3 is 15.0 Å². The van der Waals surface area contributed by atoms with E-state index in [1.165, 1.54) is 27.7 Å². The van der Waals surface area contributed by atoms with Gasteiger partial charge in [-0.15, -0.1) is 0 Å². The molecule has 0 saturated carbocycles. The van der Waals surface area contributed by atoms with Crippen LogP contribution in [0.25, 0.3) is 22.0 Å². The fourth-order valence-electron chi connectivity index (χ4n) is 3.50. The van der Waals surface area contributed by atoms with E-state index in [4.69, 9.17) is 4.74 Å². The Kier molecular flexibility index (Phi) is 3.35. The number of nitrogens with one attached hydrogen (secondary N) is 2. The maximum absolute atomic E-state index is 5.57. The second-order valence-electron chi connectivity index (χ2n) is 5.76. The molecule has 22 heavy (non-hydrogen) atoms. The number of para-hydroxylation sites is 1. The van der Waals surface area contributed by atoms with E-state index in [1.54, 1.807) is 7.11 Å². The molecule has 1 aromatic heterocycles. The number of H-pyrrole nitrogens is 1. The molecule has 2 aromatic carbocycles. The van der Waals surface area contributed by atoms with Crippen LogP contribution in [-0.2, 0) is 12.8 Å². The number of hydrogen-bond acceptors (Lipinski definition) is 2. The number of methoxy groups -OCH3 is 1. The van der Waals surface area contributed by atoms with Crippen molar-refractivity contribution in [1.29, 1.82) is 0 Å². The molecule has 4 rings (SSSR count). The minimum atomic E-state index is 0.927. The molecule has 0 radical (unpaired) electrons. The maximum atomic E-state index is 5.57. The third-order valence-electron chi connectivity index (χ3n) is 4.52. The van der Waals surface area contributed by atoms with Crippen molar-refractivity contribution < 1.29 is 4.74 Å². The molecule has 0 fully saturated rings. The molecule has 0 saturated heterocycles. The predicted octanol–water partition coefficient (Wildman–Crippen LogP) is 3.53. The molecule has 3 heteroatoms. The predicted molar refractivity (Wildman–Crippen MR) is 90.6 cm³/mol. The standard InChI is InChI=1S/C19H20N2O/c1-22-18-8-3-2-5-13(18)14-6-4-7-17-19(14)15-9-11-20-12-10-16(15)21-17/h2-8,20-21H,9-12H2,1H3. The lowest BCUT2D eigenvalue weighted by atomic mass is 9.96. The van der Waals surface area contributed by atoms with Crippen molar-refractivity contribution >= 4 is 10.9 Å². The van der Waals surface area contributed by atoms with Gasteiger partial charge in [-0.3, -0.25) is 0 Å². The van der Waals surface area contributed by atoms with Crippen molar-refractivity contribution in [1.82, 2.24) is 10.3 Å². The average molecular weight is 292 g/mol. The fraction of sp³-hybridized carbons (Fsp3) is 0.263. The van der Waals surface area contributed by atoms with Crippen LogP contribution in [0.1, 0.15) is 11.3 Å². The Morgan fingerprint density at radius 2 is 1.73 bits per heavy atom. The van der Waals surface area contributed by atoms with Crippen molar-refractivity contribution in [2.24, 2.45) is 0 Å². The number of hydrogen-bond donors (Lipinski definition) is 2. The first-order valence-electron chi connectivity index (χ1n) is 7.85. The van der Waals surface area contributed by atoms with Gasteiger partial charge in [-0.05, 0) is 36.2 Å². The molecule has 0 aliphatic carbocycles. The van der Waals surface area contributed by atoms with Crippen molar-refractivity contribution in [2.75, 3.05) is 20.2 Å². The molecule has 1 aliphatic heterocycles. The van der Waals surface area contributed by atoms with E-state index in [1.807, 2.05) is 12.1 Å². The quantitative estimate of drug-likeness (QED) is 0.758. The smallest absolute Gasteiger partial charge is 0.126 e. The molecule has 0 bridgehead atoms. The van der Waals surface area contributed by atoms with Crippen LogP contribution in [0.5, 0.6) is 5.75 Å². The van der Waals surface area contributed by atoms with Crippen molar-refractivity contribution in [3.05, 3.63) is 53.7 Å². The van der Waals surface area contributed by atoms with Gasteiger partial charge in [0.15, 0.2) is 0 Å². The number of aromatic amines is 1. The zero-order valence-corrected chi connectivity index (χ0v) is 12.8. The number of aromatic nitrogens is 1. The molecule has 112 valence electrons. The van der Waals surface area contributed by atoms with Crippen LogP contribution in [-0.4, -0.2) is 25.2 Å². The normalized spacial score (nSPS) is 14.6. The summed E-state index contributed by atoms with van der Waals surface area (Å²) in [7, 11) is 1.74. The number of rotatable bonds is 2. The van der Waals surface area contributed by atoms with E-state index in [-0.39, 0.29) is 0 Å². The molecule has 3 nitrogen and oxygen atoms in total. The zero-order chi connectivity index (χ0) is 14.9. The largest absolute Gasteiger partial charge is 0.496 e. The van der Waals surface area contributed by atoms with Crippen LogP contribution in [0, 0.1) is 0 Å². The first kappa shape index (κ1) is 13.4. The highest BCUT2D eigenvalue weighted by Crippen LogP contribution is 2.38. The Bertz CT molecular complexity index is 819. The van der Waals surface area contributed by atoms with Gasteiger partial charge in [-0.1, -0.05) is 30.3 Å². The van der Waals surface area contributed by atoms with Crippen LogP contribution >= 0.6 is 0 Å². The van der Waals surface area contributed by atoms with Gasteiger partial charge in [-0.2, -0.15) is 0 Å². The summed E-state index contributed by atoms with van der Waals surface area (Å²) in [5.41, 5.74) is 6.49. The lowest BCUT2D eigenvalue weighted by Gasteiger charge is -2.11. The van der Waals surface area contributed by atoms with E-state index in [0.717, 1.165) is 37.2 Å². The summed E-state index contributed by atoms with van der Waals surface area (Å²) < 4.78 is 5.57. The van der Waals surface area contributed by atoms with Crippen molar-refractivity contribution in [3.63, 3.8) is 0 Å². The molecule has 3 aromatic rings. The van der Waals surface area contributed by atoms with Gasteiger partial charge in [-0.25, -0.2) is 0 Å². The van der Waals surface area contributed by atoms with E-state index in [0.29, 0.717) is 0 Å². The molecule has 0 spiro atoms. The Morgan fingerprint density at radius 3 is 2.64 bits per heavy atom. The van der Waals surface area contributed by atoms with E-state index >= 15 is 0 Å². The summed E-state index contributed by atoms with van der Waals surface area (Å²) in [5, 5.41) is 4.83. The summed E-state index contributed by atoms with van der Waals surface area (Å²) in [5.74, 6) is 0.927. The SMILES string of the molecule is COc1ccccc1-c1cccc2[nH]c3c(c12)CCNCC3. The van der Waals surface area contributed by atoms with Crippen LogP contribution in [0.15, 0.2) is 42.5 Å². The second kappa shape index (κ2) is 5.50. The topological polar surface area (TPSA) is 37.0 Å². The fourth-order valence-corrected chi connectivity index (χ4v) is 3.50. The third-order valence-corrected chi connectivity index (χ3v) is 4.52. The van der Waals surface area contributed by atoms with Gasteiger partial charge >= 0.3 is 0 Å². The van der Waals surface area contributed by atoms with Crippen LogP contribution in [0.4, 0.5) is 0 Å². The van der Waals surface area contributed by atoms with E-state index < -0.39 is 0 Å². The second-order valence-corrected chi connectivity index (χ2v) is 5.76. The third kappa shape index (κ3) is 2.09. The molecule has 0 atom stereocenters. The Morgan fingerprint density at radius 1 is 0.909 bits per heavy atom. The zero-order valence-electron chi connectivity index (χ0n) is 12.8. The molecule has 0 unspecified atom stereocenters. The minimum absolute atomic E-state index is 0.927. The minimum Gasteiger partial charge on any atom is -0.496 e. The summed E-state index contributed by atoms with van der Waals surface area (Å²) >= 11 is 0. The van der Waals surface area contributed by atoms with Gasteiger partial charge in [0.1, 0.15) is 5.75 Å². The van der Waals surface area contributed by atoms with Gasteiger partial charge in [0.25, 0.3) is 0 Å². The number of benzene rings is 2. The molecular formula is C19H20N2O. The first-order chi connectivity index (χ1) is 10.9. The Hall–Kier alpha value is -2.26. The van der Waals surface area contributed by atoms with Crippen molar-refractivity contribution in [2.45, 2.75) is 12.8 Å². The molecular weight excluding hydrogens is 272 g/mol. The van der Waals surface area contributed by atoms with Crippen molar-refractivity contribution in [3.8, 4) is 16.9 Å². The Labute approximate surface area is 130 Å². The van der Waals surface area contributed by atoms with E-state index in [2.05, 4.69) is 40.6 Å². The highest BCUT2D eigenvalue weighted by Gasteiger charge is 2.18. The summed E-state index contributed by atoms with van der Waals surface area (Å²) in [6.45, 7) is 2.09. The molecule has 2 heterocycles. The summed E-state index contributed by atoms with van der Waals surface area (Å²) in [6.07, 6.45) is 2.14. The highest BCUT2D eigenvalue weighted by atomic mass is 16.5. The maximum Gasteiger partial charge on any atom is 0.126 e. The van der Waals surface area contributed by atoms with Gasteiger partial charge in [0, 0.05) is 35.1 Å². The molecule has 0 amide bonds. The lowest BCUT2D eigenvalue weighted by molar-refractivity contribution is 0.416. The van der Waals surface area contributed by atoms with Crippen LogP contribution in [0.2, 0.25) is 0 Å². The molecule has 2 N–H and O–H groups in total. The summed E-state index contributed by atoms with van der Waals surface area (Å²) in [6, 6.07) is 14.8. The highest BCUT2D eigenvalue weighted by molar-refractivity contribution is 5.99. The monoisotopic (exact) mass is 292 g/mol. The van der Waals surface area contributed by atoms with E-state index in [9.17, 15) is 0 Å². The van der Waals surface area contributed by atoms with Gasteiger partial charge in [0.2, 0.25) is 0 Å². The first-order valence-corrected chi connectivity index (χ1v) is 7.85. The summed E-state index contributed by atoms with van der Waals surface area (Å²) in [4.78, 5) is 3.62. The lowest BCUT2D eigenvalue weighted by Crippen LogP contribution is -2.16. The Balaban J connectivity index is 2.00. The van der Waals surface area contributed by atoms with Crippen LogP contribution in [0.3, 0.4) is 0 Å². The number of ether oxygens (including phenoxy) is 1. The van der Waals surface area contributed by atoms with Gasteiger partial charge in [0.05, 0.1) is 7.11 Å². The number of fused-ring (bicyclic) bond motifs is 3. The average Bonchev–Trinajstić information content (AvgIpc) is 2.76.